The molecule has 0 spiro atoms. The van der Waals surface area contributed by atoms with Crippen LogP contribution in [0.2, 0.25) is 0 Å². The lowest BCUT2D eigenvalue weighted by Gasteiger charge is -2.31. The van der Waals surface area contributed by atoms with Gasteiger partial charge in [-0.3, -0.25) is 4.79 Å². The van der Waals surface area contributed by atoms with Gasteiger partial charge in [-0.1, -0.05) is 0 Å². The van der Waals surface area contributed by atoms with Crippen LogP contribution >= 0.6 is 0 Å². The topological polar surface area (TPSA) is 64.8 Å². The number of amides is 1. The van der Waals surface area contributed by atoms with Crippen molar-refractivity contribution < 1.29 is 14.3 Å². The highest BCUT2D eigenvalue weighted by Crippen LogP contribution is 2.23. The molecule has 0 unspecified atom stereocenters. The van der Waals surface area contributed by atoms with Crippen LogP contribution < -0.4 is 10.5 Å². The molecule has 0 atom stereocenters. The van der Waals surface area contributed by atoms with Gasteiger partial charge in [0, 0.05) is 44.1 Å². The van der Waals surface area contributed by atoms with Crippen molar-refractivity contribution in [3.63, 3.8) is 0 Å². The highest BCUT2D eigenvalue weighted by molar-refractivity contribution is 5.95. The Hall–Kier alpha value is -1.75. The summed E-state index contributed by atoms with van der Waals surface area (Å²) in [6.07, 6.45) is 1.97. The minimum Gasteiger partial charge on any atom is -0.494 e. The molecule has 5 nitrogen and oxygen atoms in total. The zero-order valence-electron chi connectivity index (χ0n) is 12.8. The molecule has 2 rings (SSSR count). The van der Waals surface area contributed by atoms with Crippen molar-refractivity contribution in [1.29, 1.82) is 0 Å². The van der Waals surface area contributed by atoms with Crippen molar-refractivity contribution in [2.24, 2.45) is 5.92 Å². The van der Waals surface area contributed by atoms with Gasteiger partial charge >= 0.3 is 0 Å². The number of likely N-dealkylation sites (tertiary alicyclic amines) is 1. The Morgan fingerprint density at radius 2 is 2.05 bits per heavy atom. The quantitative estimate of drug-likeness (QED) is 0.845. The first-order valence-electron chi connectivity index (χ1n) is 7.45. The number of carbonyl (C=O) groups excluding carboxylic acids is 1. The van der Waals surface area contributed by atoms with Crippen LogP contribution in [-0.4, -0.2) is 44.2 Å². The number of nitrogens with zero attached hydrogens (tertiary/aromatic N) is 1. The average Bonchev–Trinajstić information content (AvgIpc) is 2.47. The van der Waals surface area contributed by atoms with Crippen molar-refractivity contribution >= 4 is 11.6 Å². The molecule has 0 radical (unpaired) electrons. The van der Waals surface area contributed by atoms with Crippen molar-refractivity contribution in [2.75, 3.05) is 39.1 Å². The molecule has 1 saturated heterocycles. The van der Waals surface area contributed by atoms with E-state index in [9.17, 15) is 4.79 Å². The van der Waals surface area contributed by atoms with Crippen molar-refractivity contribution in [2.45, 2.75) is 19.8 Å². The molecule has 21 heavy (non-hydrogen) atoms. The van der Waals surface area contributed by atoms with Crippen molar-refractivity contribution in [3.05, 3.63) is 23.8 Å². The molecule has 1 fully saturated rings. The van der Waals surface area contributed by atoms with E-state index in [0.29, 0.717) is 29.5 Å². The minimum absolute atomic E-state index is 0.0270. The molecule has 1 aromatic rings. The highest BCUT2D eigenvalue weighted by Gasteiger charge is 2.24. The van der Waals surface area contributed by atoms with Crippen LogP contribution in [0.25, 0.3) is 0 Å². The number of rotatable bonds is 5. The molecule has 1 aliphatic heterocycles. The molecule has 5 heteroatoms. The predicted molar refractivity (Wildman–Crippen MR) is 82.5 cm³/mol. The molecule has 1 amide bonds. The summed E-state index contributed by atoms with van der Waals surface area (Å²) >= 11 is 0. The first-order valence-corrected chi connectivity index (χ1v) is 7.45. The second-order valence-electron chi connectivity index (χ2n) is 5.41. The van der Waals surface area contributed by atoms with Crippen LogP contribution in [0.4, 0.5) is 5.69 Å². The zero-order valence-corrected chi connectivity index (χ0v) is 12.8. The Morgan fingerprint density at radius 1 is 1.33 bits per heavy atom. The fourth-order valence-electron chi connectivity index (χ4n) is 2.72. The van der Waals surface area contributed by atoms with E-state index in [-0.39, 0.29) is 5.91 Å². The first kappa shape index (κ1) is 15.6. The molecular weight excluding hydrogens is 268 g/mol. The normalized spacial score (nSPS) is 16.0. The number of hydrogen-bond donors (Lipinski definition) is 1. The van der Waals surface area contributed by atoms with Gasteiger partial charge in [-0.2, -0.15) is 0 Å². The maximum atomic E-state index is 12.6. The van der Waals surface area contributed by atoms with Gasteiger partial charge in [0.2, 0.25) is 0 Å². The molecule has 0 saturated carbocycles. The monoisotopic (exact) mass is 292 g/mol. The Bertz CT molecular complexity index is 482. The van der Waals surface area contributed by atoms with E-state index in [1.807, 2.05) is 11.8 Å². The standard InChI is InChI=1S/C16H24N2O3/c1-3-21-15-9-13(8-14(17)10-15)16(19)18-6-4-12(5-7-18)11-20-2/h8-10,12H,3-7,11,17H2,1-2H3. The van der Waals surface area contributed by atoms with Crippen LogP contribution in [0.5, 0.6) is 5.75 Å². The van der Waals surface area contributed by atoms with E-state index >= 15 is 0 Å². The van der Waals surface area contributed by atoms with Crippen molar-refractivity contribution in [3.8, 4) is 5.75 Å². The molecule has 116 valence electrons. The van der Waals surface area contributed by atoms with Gasteiger partial charge in [-0.15, -0.1) is 0 Å². The molecule has 0 aliphatic carbocycles. The lowest BCUT2D eigenvalue weighted by Crippen LogP contribution is -2.39. The van der Waals surface area contributed by atoms with E-state index in [2.05, 4.69) is 0 Å². The summed E-state index contributed by atoms with van der Waals surface area (Å²) in [5.41, 5.74) is 7.01. The minimum atomic E-state index is 0.0270. The summed E-state index contributed by atoms with van der Waals surface area (Å²) in [7, 11) is 1.72. The third-order valence-electron chi connectivity index (χ3n) is 3.79. The number of piperidine rings is 1. The molecule has 1 heterocycles. The lowest BCUT2D eigenvalue weighted by atomic mass is 9.97. The van der Waals surface area contributed by atoms with Gasteiger partial charge in [0.25, 0.3) is 5.91 Å². The number of carbonyl (C=O) groups is 1. The highest BCUT2D eigenvalue weighted by atomic mass is 16.5. The van der Waals surface area contributed by atoms with E-state index < -0.39 is 0 Å². The number of nitrogen functional groups attached to an aromatic ring is 1. The molecule has 1 aromatic carbocycles. The van der Waals surface area contributed by atoms with Crippen LogP contribution in [0.3, 0.4) is 0 Å². The van der Waals surface area contributed by atoms with Crippen LogP contribution in [0, 0.1) is 5.92 Å². The lowest BCUT2D eigenvalue weighted by molar-refractivity contribution is 0.0613. The first-order chi connectivity index (χ1) is 10.1. The van der Waals surface area contributed by atoms with Crippen LogP contribution in [-0.2, 0) is 4.74 Å². The number of nitrogens with two attached hydrogens (primary N) is 1. The maximum Gasteiger partial charge on any atom is 0.254 e. The average molecular weight is 292 g/mol. The zero-order chi connectivity index (χ0) is 15.2. The van der Waals surface area contributed by atoms with E-state index in [1.165, 1.54) is 0 Å². The predicted octanol–water partition coefficient (Wildman–Crippen LogP) is 2.17. The second-order valence-corrected chi connectivity index (χ2v) is 5.41. The van der Waals surface area contributed by atoms with Gasteiger partial charge in [0.05, 0.1) is 6.61 Å². The number of ether oxygens (including phenoxy) is 2. The summed E-state index contributed by atoms with van der Waals surface area (Å²) in [6.45, 7) is 4.77. The summed E-state index contributed by atoms with van der Waals surface area (Å²) in [4.78, 5) is 14.4. The number of hydrogen-bond acceptors (Lipinski definition) is 4. The Kier molecular flexibility index (Phi) is 5.44. The van der Waals surface area contributed by atoms with Gasteiger partial charge in [0.1, 0.15) is 5.75 Å². The summed E-state index contributed by atoms with van der Waals surface area (Å²) in [5, 5.41) is 0. The molecule has 0 aromatic heterocycles. The number of anilines is 1. The second kappa shape index (κ2) is 7.31. The maximum absolute atomic E-state index is 12.6. The third kappa shape index (κ3) is 4.11. The largest absolute Gasteiger partial charge is 0.494 e. The fourth-order valence-corrected chi connectivity index (χ4v) is 2.72. The Morgan fingerprint density at radius 3 is 2.67 bits per heavy atom. The van der Waals surface area contributed by atoms with E-state index in [1.54, 1.807) is 25.3 Å². The number of methoxy groups -OCH3 is 1. The molecular formula is C16H24N2O3. The summed E-state index contributed by atoms with van der Waals surface area (Å²) < 4.78 is 10.6. The van der Waals surface area contributed by atoms with Gasteiger partial charge in [-0.05, 0) is 37.8 Å². The molecule has 0 bridgehead atoms. The van der Waals surface area contributed by atoms with E-state index in [4.69, 9.17) is 15.2 Å². The third-order valence-corrected chi connectivity index (χ3v) is 3.79. The fraction of sp³-hybridized carbons (Fsp3) is 0.562. The van der Waals surface area contributed by atoms with Gasteiger partial charge in [-0.25, -0.2) is 0 Å². The summed E-state index contributed by atoms with van der Waals surface area (Å²) in [6, 6.07) is 5.22. The SMILES string of the molecule is CCOc1cc(N)cc(C(=O)N2CCC(COC)CC2)c1. The van der Waals surface area contributed by atoms with Gasteiger partial charge in [0.15, 0.2) is 0 Å². The van der Waals surface area contributed by atoms with Gasteiger partial charge < -0.3 is 20.1 Å². The number of benzene rings is 1. The Labute approximate surface area is 126 Å². The van der Waals surface area contributed by atoms with Crippen molar-refractivity contribution in [1.82, 2.24) is 4.90 Å². The Balaban J connectivity index is 2.03. The smallest absolute Gasteiger partial charge is 0.254 e. The summed E-state index contributed by atoms with van der Waals surface area (Å²) in [5.74, 6) is 1.23. The van der Waals surface area contributed by atoms with Crippen LogP contribution in [0.1, 0.15) is 30.1 Å². The van der Waals surface area contributed by atoms with Crippen LogP contribution in [0.15, 0.2) is 18.2 Å². The molecule has 1 aliphatic rings. The van der Waals surface area contributed by atoms with E-state index in [0.717, 1.165) is 32.5 Å². The molecule has 2 N–H and O–H groups in total.